The van der Waals surface area contributed by atoms with Crippen LogP contribution in [0.2, 0.25) is 10.0 Å². The summed E-state index contributed by atoms with van der Waals surface area (Å²) in [6.45, 7) is 0. The Morgan fingerprint density at radius 3 is 2.68 bits per heavy atom. The Kier molecular flexibility index (Phi) is 4.85. The van der Waals surface area contributed by atoms with Gasteiger partial charge in [-0.3, -0.25) is 0 Å². The van der Waals surface area contributed by atoms with Gasteiger partial charge < -0.3 is 5.73 Å². The van der Waals surface area contributed by atoms with Gasteiger partial charge >= 0.3 is 0 Å². The quantitative estimate of drug-likeness (QED) is 0.803. The molecule has 0 aliphatic carbocycles. The molecule has 2 N–H and O–H groups in total. The van der Waals surface area contributed by atoms with Crippen LogP contribution >= 0.6 is 39.1 Å². The number of hydrogen-bond acceptors (Lipinski definition) is 1. The summed E-state index contributed by atoms with van der Waals surface area (Å²) in [6.07, 6.45) is 0.353. The summed E-state index contributed by atoms with van der Waals surface area (Å²) in [6, 6.07) is 9.91. The molecule has 0 aliphatic heterocycles. The molecular weight excluding hydrogens is 352 g/mol. The molecule has 1 unspecified atom stereocenters. The Morgan fingerprint density at radius 1 is 1.21 bits per heavy atom. The minimum absolute atomic E-state index is 0.106. The van der Waals surface area contributed by atoms with E-state index in [4.69, 9.17) is 28.9 Å². The molecular formula is C14H11BrCl2FN. The standard InChI is InChI=1S/C14H11BrCl2FN/c15-11-5-4-9(16)7-10(11)13(19)6-8-2-1-3-12(17)14(8)18/h1-5,7,13H,6,19H2. The van der Waals surface area contributed by atoms with E-state index in [1.807, 2.05) is 6.07 Å². The molecule has 0 spiro atoms. The third kappa shape index (κ3) is 3.48. The molecule has 0 amide bonds. The second-order valence-corrected chi connectivity index (χ2v) is 5.89. The summed E-state index contributed by atoms with van der Waals surface area (Å²) < 4.78 is 14.7. The molecule has 1 atom stereocenters. The van der Waals surface area contributed by atoms with Crippen molar-refractivity contribution in [3.05, 3.63) is 67.9 Å². The van der Waals surface area contributed by atoms with Crippen molar-refractivity contribution in [2.45, 2.75) is 12.5 Å². The lowest BCUT2D eigenvalue weighted by molar-refractivity contribution is 0.593. The maximum atomic E-state index is 13.8. The van der Waals surface area contributed by atoms with Crippen LogP contribution < -0.4 is 5.73 Å². The van der Waals surface area contributed by atoms with E-state index in [1.54, 1.807) is 24.3 Å². The van der Waals surface area contributed by atoms with Crippen molar-refractivity contribution >= 4 is 39.1 Å². The topological polar surface area (TPSA) is 26.0 Å². The van der Waals surface area contributed by atoms with Gasteiger partial charge in [-0.25, -0.2) is 4.39 Å². The van der Waals surface area contributed by atoms with Crippen molar-refractivity contribution < 1.29 is 4.39 Å². The molecule has 0 aromatic heterocycles. The maximum Gasteiger partial charge on any atom is 0.145 e. The highest BCUT2D eigenvalue weighted by atomic mass is 79.9. The van der Waals surface area contributed by atoms with E-state index in [0.717, 1.165) is 10.0 Å². The number of nitrogens with two attached hydrogens (primary N) is 1. The zero-order chi connectivity index (χ0) is 14.0. The van der Waals surface area contributed by atoms with Gasteiger partial charge in [-0.05, 0) is 41.8 Å². The third-order valence-electron chi connectivity index (χ3n) is 2.83. The van der Waals surface area contributed by atoms with Crippen molar-refractivity contribution in [2.24, 2.45) is 5.73 Å². The van der Waals surface area contributed by atoms with Gasteiger partial charge in [0.15, 0.2) is 0 Å². The average molecular weight is 363 g/mol. The fraction of sp³-hybridized carbons (Fsp3) is 0.143. The van der Waals surface area contributed by atoms with Crippen molar-refractivity contribution in [2.75, 3.05) is 0 Å². The molecule has 0 heterocycles. The highest BCUT2D eigenvalue weighted by molar-refractivity contribution is 9.10. The van der Waals surface area contributed by atoms with Gasteiger partial charge in [0.05, 0.1) is 5.02 Å². The fourth-order valence-electron chi connectivity index (χ4n) is 1.85. The van der Waals surface area contributed by atoms with Crippen LogP contribution in [-0.4, -0.2) is 0 Å². The highest BCUT2D eigenvalue weighted by Crippen LogP contribution is 2.29. The summed E-state index contributed by atoms with van der Waals surface area (Å²) in [4.78, 5) is 0. The Hall–Kier alpha value is -0.610. The van der Waals surface area contributed by atoms with Gasteiger partial charge in [0.2, 0.25) is 0 Å². The molecule has 0 saturated carbocycles. The fourth-order valence-corrected chi connectivity index (χ4v) is 2.77. The lowest BCUT2D eigenvalue weighted by atomic mass is 9.99. The predicted molar refractivity (Wildman–Crippen MR) is 81.2 cm³/mol. The van der Waals surface area contributed by atoms with Gasteiger partial charge in [-0.2, -0.15) is 0 Å². The van der Waals surface area contributed by atoms with Gasteiger partial charge in [-0.15, -0.1) is 0 Å². The first-order chi connectivity index (χ1) is 8.99. The summed E-state index contributed by atoms with van der Waals surface area (Å²) in [5, 5.41) is 0.704. The second kappa shape index (κ2) is 6.23. The lowest BCUT2D eigenvalue weighted by Gasteiger charge is -2.15. The van der Waals surface area contributed by atoms with E-state index in [2.05, 4.69) is 15.9 Å². The minimum Gasteiger partial charge on any atom is -0.324 e. The van der Waals surface area contributed by atoms with Crippen molar-refractivity contribution in [3.8, 4) is 0 Å². The van der Waals surface area contributed by atoms with Crippen LogP contribution in [0.15, 0.2) is 40.9 Å². The van der Waals surface area contributed by atoms with Crippen LogP contribution in [-0.2, 0) is 6.42 Å². The summed E-state index contributed by atoms with van der Waals surface area (Å²) >= 11 is 15.1. The second-order valence-electron chi connectivity index (χ2n) is 4.19. The van der Waals surface area contributed by atoms with Gasteiger partial charge in [0.25, 0.3) is 0 Å². The Bertz CT molecular complexity index is 604. The third-order valence-corrected chi connectivity index (χ3v) is 4.08. The maximum absolute atomic E-state index is 13.8. The Morgan fingerprint density at radius 2 is 1.95 bits per heavy atom. The van der Waals surface area contributed by atoms with Crippen molar-refractivity contribution in [3.63, 3.8) is 0 Å². The molecule has 0 radical (unpaired) electrons. The van der Waals surface area contributed by atoms with Crippen LogP contribution in [0.4, 0.5) is 4.39 Å². The molecule has 0 bridgehead atoms. The van der Waals surface area contributed by atoms with Gasteiger partial charge in [0, 0.05) is 15.5 Å². The van der Waals surface area contributed by atoms with Crippen LogP contribution in [0.5, 0.6) is 0 Å². The predicted octanol–water partition coefficient (Wildman–Crippen LogP) is 5.14. The van der Waals surface area contributed by atoms with Gasteiger partial charge in [-0.1, -0.05) is 51.3 Å². The average Bonchev–Trinajstić information content (AvgIpc) is 2.38. The zero-order valence-electron chi connectivity index (χ0n) is 9.84. The van der Waals surface area contributed by atoms with E-state index < -0.39 is 5.82 Å². The van der Waals surface area contributed by atoms with Crippen molar-refractivity contribution in [1.29, 1.82) is 0 Å². The van der Waals surface area contributed by atoms with Crippen LogP contribution in [0.25, 0.3) is 0 Å². The SMILES string of the molecule is NC(Cc1cccc(Cl)c1F)c1cc(Cl)ccc1Br. The summed E-state index contributed by atoms with van der Waals surface area (Å²) in [7, 11) is 0. The van der Waals surface area contributed by atoms with E-state index in [1.165, 1.54) is 6.07 Å². The monoisotopic (exact) mass is 361 g/mol. The first-order valence-corrected chi connectivity index (χ1v) is 7.17. The Labute approximate surface area is 129 Å². The molecule has 2 aromatic rings. The first-order valence-electron chi connectivity index (χ1n) is 5.62. The van der Waals surface area contributed by atoms with Crippen molar-refractivity contribution in [1.82, 2.24) is 0 Å². The first kappa shape index (κ1) is 14.8. The molecule has 2 aromatic carbocycles. The van der Waals surface area contributed by atoms with Crippen LogP contribution in [0.1, 0.15) is 17.2 Å². The highest BCUT2D eigenvalue weighted by Gasteiger charge is 2.14. The normalized spacial score (nSPS) is 12.5. The van der Waals surface area contributed by atoms with E-state index in [9.17, 15) is 4.39 Å². The molecule has 5 heteroatoms. The minimum atomic E-state index is -0.419. The molecule has 0 fully saturated rings. The van der Waals surface area contributed by atoms with Crippen LogP contribution in [0.3, 0.4) is 0 Å². The number of halogens is 4. The largest absolute Gasteiger partial charge is 0.324 e. The molecule has 0 saturated heterocycles. The number of rotatable bonds is 3. The van der Waals surface area contributed by atoms with E-state index in [-0.39, 0.29) is 11.1 Å². The summed E-state index contributed by atoms with van der Waals surface area (Å²) in [5.41, 5.74) is 7.45. The molecule has 19 heavy (non-hydrogen) atoms. The molecule has 100 valence electrons. The molecule has 1 nitrogen and oxygen atoms in total. The van der Waals surface area contributed by atoms with Crippen LogP contribution in [0, 0.1) is 5.82 Å². The van der Waals surface area contributed by atoms with E-state index >= 15 is 0 Å². The number of benzene rings is 2. The smallest absolute Gasteiger partial charge is 0.145 e. The zero-order valence-corrected chi connectivity index (χ0v) is 12.9. The number of hydrogen-bond donors (Lipinski definition) is 1. The lowest BCUT2D eigenvalue weighted by Crippen LogP contribution is -2.15. The molecule has 2 rings (SSSR count). The van der Waals surface area contributed by atoms with Gasteiger partial charge in [0.1, 0.15) is 5.82 Å². The van der Waals surface area contributed by atoms with E-state index in [0.29, 0.717) is 17.0 Å². The molecule has 0 aliphatic rings. The Balaban J connectivity index is 2.28. The summed E-state index contributed by atoms with van der Waals surface area (Å²) in [5.74, 6) is -0.419.